The minimum Gasteiger partial charge on any atom is -0.330 e. The summed E-state index contributed by atoms with van der Waals surface area (Å²) in [6.07, 6.45) is 8.54. The van der Waals surface area contributed by atoms with E-state index in [0.29, 0.717) is 0 Å². The van der Waals surface area contributed by atoms with Crippen molar-refractivity contribution in [1.82, 2.24) is 4.90 Å². The lowest BCUT2D eigenvalue weighted by atomic mass is 9.93. The molecule has 14 heavy (non-hydrogen) atoms. The van der Waals surface area contributed by atoms with Gasteiger partial charge in [0.15, 0.2) is 0 Å². The SMILES string of the molecule is CC1C(CN)CCN1C1CCCCC1. The third kappa shape index (κ3) is 1.96. The maximum atomic E-state index is 5.79. The highest BCUT2D eigenvalue weighted by Crippen LogP contribution is 2.31. The van der Waals surface area contributed by atoms with Gasteiger partial charge in [-0.3, -0.25) is 4.90 Å². The maximum Gasteiger partial charge on any atom is 0.0111 e. The Morgan fingerprint density at radius 3 is 2.43 bits per heavy atom. The lowest BCUT2D eigenvalue weighted by Gasteiger charge is -2.35. The van der Waals surface area contributed by atoms with Gasteiger partial charge in [-0.05, 0) is 45.2 Å². The fraction of sp³-hybridized carbons (Fsp3) is 1.00. The summed E-state index contributed by atoms with van der Waals surface area (Å²) in [5.41, 5.74) is 5.79. The number of nitrogens with zero attached hydrogens (tertiary/aromatic N) is 1. The number of hydrogen-bond acceptors (Lipinski definition) is 2. The van der Waals surface area contributed by atoms with E-state index in [-0.39, 0.29) is 0 Å². The van der Waals surface area contributed by atoms with Gasteiger partial charge in [-0.15, -0.1) is 0 Å². The van der Waals surface area contributed by atoms with Crippen LogP contribution in [0.1, 0.15) is 45.4 Å². The fourth-order valence-corrected chi connectivity index (χ4v) is 3.27. The van der Waals surface area contributed by atoms with Crippen LogP contribution < -0.4 is 5.73 Å². The highest BCUT2D eigenvalue weighted by atomic mass is 15.2. The molecule has 0 amide bonds. The van der Waals surface area contributed by atoms with Gasteiger partial charge in [0.2, 0.25) is 0 Å². The van der Waals surface area contributed by atoms with Crippen molar-refractivity contribution in [2.75, 3.05) is 13.1 Å². The molecule has 1 aliphatic carbocycles. The Morgan fingerprint density at radius 1 is 1.14 bits per heavy atom. The molecular weight excluding hydrogens is 172 g/mol. The molecule has 2 fully saturated rings. The lowest BCUT2D eigenvalue weighted by Crippen LogP contribution is -2.41. The van der Waals surface area contributed by atoms with E-state index >= 15 is 0 Å². The summed E-state index contributed by atoms with van der Waals surface area (Å²) in [6.45, 7) is 4.55. The first-order chi connectivity index (χ1) is 6.83. The molecule has 1 heterocycles. The van der Waals surface area contributed by atoms with Gasteiger partial charge in [-0.25, -0.2) is 0 Å². The maximum absolute atomic E-state index is 5.79. The second-order valence-corrected chi connectivity index (χ2v) is 5.05. The third-order valence-electron chi connectivity index (χ3n) is 4.31. The quantitative estimate of drug-likeness (QED) is 0.732. The van der Waals surface area contributed by atoms with Crippen molar-refractivity contribution in [3.05, 3.63) is 0 Å². The van der Waals surface area contributed by atoms with Crippen LogP contribution in [0.2, 0.25) is 0 Å². The van der Waals surface area contributed by atoms with Gasteiger partial charge in [0, 0.05) is 12.1 Å². The minimum absolute atomic E-state index is 0.739. The fourth-order valence-electron chi connectivity index (χ4n) is 3.27. The van der Waals surface area contributed by atoms with Crippen LogP contribution in [0, 0.1) is 5.92 Å². The molecule has 1 aliphatic heterocycles. The number of rotatable bonds is 2. The van der Waals surface area contributed by atoms with E-state index in [1.165, 1.54) is 45.1 Å². The second-order valence-electron chi connectivity index (χ2n) is 5.05. The summed E-state index contributed by atoms with van der Waals surface area (Å²) in [4.78, 5) is 2.73. The van der Waals surface area contributed by atoms with Gasteiger partial charge >= 0.3 is 0 Å². The van der Waals surface area contributed by atoms with Gasteiger partial charge in [0.25, 0.3) is 0 Å². The molecule has 0 aromatic heterocycles. The average Bonchev–Trinajstić information content (AvgIpc) is 2.61. The zero-order chi connectivity index (χ0) is 9.97. The highest BCUT2D eigenvalue weighted by Gasteiger charge is 2.34. The summed E-state index contributed by atoms with van der Waals surface area (Å²) in [6, 6.07) is 1.62. The summed E-state index contributed by atoms with van der Waals surface area (Å²) in [5, 5.41) is 0. The van der Waals surface area contributed by atoms with E-state index < -0.39 is 0 Å². The van der Waals surface area contributed by atoms with Crippen LogP contribution in [-0.2, 0) is 0 Å². The topological polar surface area (TPSA) is 29.3 Å². The van der Waals surface area contributed by atoms with Crippen LogP contribution >= 0.6 is 0 Å². The second kappa shape index (κ2) is 4.63. The molecule has 0 bridgehead atoms. The standard InChI is InChI=1S/C12H24N2/c1-10-11(9-13)7-8-14(10)12-5-3-2-4-6-12/h10-12H,2-9,13H2,1H3. The van der Waals surface area contributed by atoms with Gasteiger partial charge in [0.05, 0.1) is 0 Å². The predicted molar refractivity (Wildman–Crippen MR) is 60.2 cm³/mol. The van der Waals surface area contributed by atoms with Crippen molar-refractivity contribution in [1.29, 1.82) is 0 Å². The van der Waals surface area contributed by atoms with Crippen LogP contribution in [-0.4, -0.2) is 30.1 Å². The summed E-state index contributed by atoms with van der Waals surface area (Å²) >= 11 is 0. The van der Waals surface area contributed by atoms with Crippen LogP contribution in [0.4, 0.5) is 0 Å². The molecule has 2 heteroatoms. The first kappa shape index (κ1) is 10.4. The third-order valence-corrected chi connectivity index (χ3v) is 4.31. The largest absolute Gasteiger partial charge is 0.330 e. The van der Waals surface area contributed by atoms with Crippen molar-refractivity contribution in [3.63, 3.8) is 0 Å². The van der Waals surface area contributed by atoms with Crippen molar-refractivity contribution in [2.24, 2.45) is 11.7 Å². The van der Waals surface area contributed by atoms with Crippen molar-refractivity contribution in [3.8, 4) is 0 Å². The summed E-state index contributed by atoms with van der Waals surface area (Å²) < 4.78 is 0. The molecule has 82 valence electrons. The normalized spacial score (nSPS) is 36.4. The Balaban J connectivity index is 1.91. The number of likely N-dealkylation sites (tertiary alicyclic amines) is 1. The van der Waals surface area contributed by atoms with E-state index in [1.807, 2.05) is 0 Å². The predicted octanol–water partition coefficient (Wildman–Crippen LogP) is 1.99. The molecule has 2 nitrogen and oxygen atoms in total. The van der Waals surface area contributed by atoms with Crippen molar-refractivity contribution in [2.45, 2.75) is 57.5 Å². The van der Waals surface area contributed by atoms with E-state index in [9.17, 15) is 0 Å². The zero-order valence-electron chi connectivity index (χ0n) is 9.41. The van der Waals surface area contributed by atoms with Gasteiger partial charge in [-0.1, -0.05) is 19.3 Å². The average molecular weight is 196 g/mol. The molecular formula is C12H24N2. The van der Waals surface area contributed by atoms with Gasteiger partial charge in [0.1, 0.15) is 0 Å². The van der Waals surface area contributed by atoms with Gasteiger partial charge < -0.3 is 5.73 Å². The first-order valence-electron chi connectivity index (χ1n) is 6.28. The number of nitrogens with two attached hydrogens (primary N) is 1. The van der Waals surface area contributed by atoms with Crippen LogP contribution in [0.5, 0.6) is 0 Å². The molecule has 2 aliphatic rings. The Bertz CT molecular complexity index is 175. The van der Waals surface area contributed by atoms with Crippen molar-refractivity contribution < 1.29 is 0 Å². The summed E-state index contributed by atoms with van der Waals surface area (Å²) in [7, 11) is 0. The van der Waals surface area contributed by atoms with E-state index in [1.54, 1.807) is 0 Å². The molecule has 0 aromatic rings. The van der Waals surface area contributed by atoms with E-state index in [4.69, 9.17) is 5.73 Å². The lowest BCUT2D eigenvalue weighted by molar-refractivity contribution is 0.138. The minimum atomic E-state index is 0.739. The molecule has 1 saturated heterocycles. The van der Waals surface area contributed by atoms with Crippen LogP contribution in [0.15, 0.2) is 0 Å². The number of hydrogen-bond donors (Lipinski definition) is 1. The molecule has 2 rings (SSSR count). The molecule has 2 N–H and O–H groups in total. The smallest absolute Gasteiger partial charge is 0.0111 e. The molecule has 0 spiro atoms. The zero-order valence-corrected chi connectivity index (χ0v) is 9.41. The van der Waals surface area contributed by atoms with Crippen molar-refractivity contribution >= 4 is 0 Å². The molecule has 1 saturated carbocycles. The monoisotopic (exact) mass is 196 g/mol. The Labute approximate surface area is 87.8 Å². The summed E-state index contributed by atoms with van der Waals surface area (Å²) in [5.74, 6) is 0.761. The molecule has 0 aromatic carbocycles. The Hall–Kier alpha value is -0.0800. The molecule has 2 unspecified atom stereocenters. The Morgan fingerprint density at radius 2 is 1.86 bits per heavy atom. The van der Waals surface area contributed by atoms with Crippen LogP contribution in [0.25, 0.3) is 0 Å². The molecule has 0 radical (unpaired) electrons. The highest BCUT2D eigenvalue weighted by molar-refractivity contribution is 4.89. The van der Waals surface area contributed by atoms with E-state index in [0.717, 1.165) is 24.5 Å². The Kier molecular flexibility index (Phi) is 3.45. The first-order valence-corrected chi connectivity index (χ1v) is 6.28. The molecule has 2 atom stereocenters. The van der Waals surface area contributed by atoms with E-state index in [2.05, 4.69) is 11.8 Å². The van der Waals surface area contributed by atoms with Crippen LogP contribution in [0.3, 0.4) is 0 Å². The van der Waals surface area contributed by atoms with Gasteiger partial charge in [-0.2, -0.15) is 0 Å².